The Morgan fingerprint density at radius 1 is 1.07 bits per heavy atom. The number of nitrogens with one attached hydrogen (secondary N) is 1. The van der Waals surface area contributed by atoms with E-state index in [2.05, 4.69) is 15.3 Å². The summed E-state index contributed by atoms with van der Waals surface area (Å²) in [5, 5.41) is 5.52. The molecule has 2 heterocycles. The summed E-state index contributed by atoms with van der Waals surface area (Å²) in [6, 6.07) is 14.3. The van der Waals surface area contributed by atoms with Gasteiger partial charge in [-0.05, 0) is 43.7 Å². The zero-order valence-corrected chi connectivity index (χ0v) is 18.8. The van der Waals surface area contributed by atoms with E-state index in [1.807, 2.05) is 29.6 Å². The van der Waals surface area contributed by atoms with Gasteiger partial charge in [0, 0.05) is 5.38 Å². The smallest absolute Gasteiger partial charge is 0.230 e. The molecule has 0 radical (unpaired) electrons. The number of para-hydroxylation sites is 1. The third-order valence-electron chi connectivity index (χ3n) is 4.50. The molecule has 0 saturated heterocycles. The second-order valence-corrected chi connectivity index (χ2v) is 11.4. The fourth-order valence-electron chi connectivity index (χ4n) is 2.83. The Hall–Kier alpha value is -2.62. The van der Waals surface area contributed by atoms with Crippen LogP contribution in [0.3, 0.4) is 0 Å². The van der Waals surface area contributed by atoms with E-state index < -0.39 is 15.1 Å². The number of benzene rings is 2. The summed E-state index contributed by atoms with van der Waals surface area (Å²) in [7, 11) is -3.32. The predicted octanol–water partition coefficient (Wildman–Crippen LogP) is 4.78. The number of hydrogen-bond donors (Lipinski definition) is 1. The van der Waals surface area contributed by atoms with Crippen LogP contribution in [0, 0.1) is 0 Å². The summed E-state index contributed by atoms with van der Waals surface area (Å²) in [5.41, 5.74) is 2.40. The van der Waals surface area contributed by atoms with Crippen molar-refractivity contribution in [2.45, 2.75) is 30.4 Å². The van der Waals surface area contributed by atoms with Crippen LogP contribution in [-0.4, -0.2) is 29.5 Å². The van der Waals surface area contributed by atoms with Crippen molar-refractivity contribution in [1.82, 2.24) is 9.97 Å². The summed E-state index contributed by atoms with van der Waals surface area (Å²) < 4.78 is 25.5. The zero-order chi connectivity index (χ0) is 21.3. The van der Waals surface area contributed by atoms with Crippen LogP contribution in [0.25, 0.3) is 20.9 Å². The number of carbonyl (C=O) groups is 1. The quantitative estimate of drug-likeness (QED) is 0.450. The van der Waals surface area contributed by atoms with Gasteiger partial charge in [-0.2, -0.15) is 0 Å². The molecule has 1 N–H and O–H groups in total. The normalized spacial score (nSPS) is 11.8. The monoisotopic (exact) mass is 457 g/mol. The van der Waals surface area contributed by atoms with Gasteiger partial charge in [0.05, 0.1) is 26.8 Å². The van der Waals surface area contributed by atoms with Crippen molar-refractivity contribution in [3.05, 3.63) is 59.5 Å². The highest BCUT2D eigenvalue weighted by molar-refractivity contribution is 7.92. The molecule has 0 bridgehead atoms. The standard InChI is InChI=1S/C21H19N3O3S3/c1-13(2)30(26,27)15-9-7-14(8-10-15)11-19(25)24-21-23-17(12-28-21)20-22-16-5-3-4-6-18(16)29-20/h3-10,12-13H,11H2,1-2H3,(H,23,24,25). The van der Waals surface area contributed by atoms with E-state index in [9.17, 15) is 13.2 Å². The molecule has 9 heteroatoms. The molecule has 1 amide bonds. The van der Waals surface area contributed by atoms with Crippen molar-refractivity contribution in [2.24, 2.45) is 0 Å². The number of thiazole rings is 2. The fraction of sp³-hybridized carbons (Fsp3) is 0.190. The first kappa shape index (κ1) is 20.6. The molecule has 0 fully saturated rings. The van der Waals surface area contributed by atoms with Gasteiger partial charge in [-0.25, -0.2) is 18.4 Å². The van der Waals surface area contributed by atoms with Gasteiger partial charge in [-0.1, -0.05) is 24.3 Å². The first-order chi connectivity index (χ1) is 14.3. The number of sulfone groups is 1. The van der Waals surface area contributed by atoms with E-state index in [1.165, 1.54) is 11.3 Å². The topological polar surface area (TPSA) is 89.0 Å². The van der Waals surface area contributed by atoms with Crippen LogP contribution in [0.5, 0.6) is 0 Å². The molecule has 0 atom stereocenters. The van der Waals surface area contributed by atoms with Crippen molar-refractivity contribution in [3.63, 3.8) is 0 Å². The Kier molecular flexibility index (Phi) is 5.68. The lowest BCUT2D eigenvalue weighted by molar-refractivity contribution is -0.115. The Bertz CT molecular complexity index is 1270. The van der Waals surface area contributed by atoms with Gasteiger partial charge in [0.1, 0.15) is 10.7 Å². The van der Waals surface area contributed by atoms with Crippen molar-refractivity contribution in [2.75, 3.05) is 5.32 Å². The Labute approximate surface area is 182 Å². The maximum Gasteiger partial charge on any atom is 0.230 e. The molecule has 2 aromatic heterocycles. The van der Waals surface area contributed by atoms with Crippen LogP contribution in [0.1, 0.15) is 19.4 Å². The molecule has 6 nitrogen and oxygen atoms in total. The molecule has 4 aromatic rings. The number of carbonyl (C=O) groups excluding carboxylic acids is 1. The number of hydrogen-bond acceptors (Lipinski definition) is 7. The minimum Gasteiger partial charge on any atom is -0.302 e. The number of anilines is 1. The average molecular weight is 458 g/mol. The lowest BCUT2D eigenvalue weighted by atomic mass is 10.1. The van der Waals surface area contributed by atoms with Gasteiger partial charge in [-0.3, -0.25) is 4.79 Å². The highest BCUT2D eigenvalue weighted by Crippen LogP contribution is 2.32. The van der Waals surface area contributed by atoms with Gasteiger partial charge >= 0.3 is 0 Å². The molecular formula is C21H19N3O3S3. The Morgan fingerprint density at radius 2 is 1.80 bits per heavy atom. The highest BCUT2D eigenvalue weighted by Gasteiger charge is 2.19. The SMILES string of the molecule is CC(C)S(=O)(=O)c1ccc(CC(=O)Nc2nc(-c3nc4ccccc4s3)cs2)cc1. The highest BCUT2D eigenvalue weighted by atomic mass is 32.2. The second-order valence-electron chi connectivity index (χ2n) is 6.99. The van der Waals surface area contributed by atoms with Crippen molar-refractivity contribution in [3.8, 4) is 10.7 Å². The summed E-state index contributed by atoms with van der Waals surface area (Å²) in [6.07, 6.45) is 0.137. The van der Waals surface area contributed by atoms with Crippen molar-refractivity contribution >= 4 is 53.8 Å². The minimum atomic E-state index is -3.32. The third-order valence-corrected chi connectivity index (χ3v) is 8.49. The van der Waals surface area contributed by atoms with E-state index in [-0.39, 0.29) is 17.2 Å². The van der Waals surface area contributed by atoms with E-state index >= 15 is 0 Å². The molecule has 154 valence electrons. The second kappa shape index (κ2) is 8.25. The van der Waals surface area contributed by atoms with Gasteiger partial charge in [0.25, 0.3) is 0 Å². The van der Waals surface area contributed by atoms with E-state index in [4.69, 9.17) is 0 Å². The third kappa shape index (κ3) is 4.28. The Morgan fingerprint density at radius 3 is 2.50 bits per heavy atom. The summed E-state index contributed by atoms with van der Waals surface area (Å²) >= 11 is 2.91. The van der Waals surface area contributed by atoms with Crippen LogP contribution in [-0.2, 0) is 21.1 Å². The van der Waals surface area contributed by atoms with E-state index in [0.29, 0.717) is 5.13 Å². The van der Waals surface area contributed by atoms with Crippen LogP contribution in [0.15, 0.2) is 58.8 Å². The number of amides is 1. The number of aromatic nitrogens is 2. The molecule has 0 aliphatic rings. The van der Waals surface area contributed by atoms with E-state index in [1.54, 1.807) is 49.4 Å². The molecule has 2 aromatic carbocycles. The molecule has 30 heavy (non-hydrogen) atoms. The van der Waals surface area contributed by atoms with Gasteiger partial charge in [0.15, 0.2) is 15.0 Å². The number of nitrogens with zero attached hydrogens (tertiary/aromatic N) is 2. The van der Waals surface area contributed by atoms with Crippen molar-refractivity contribution < 1.29 is 13.2 Å². The van der Waals surface area contributed by atoms with Gasteiger partial charge in [-0.15, -0.1) is 22.7 Å². The molecule has 0 aliphatic heterocycles. The zero-order valence-electron chi connectivity index (χ0n) is 16.3. The van der Waals surface area contributed by atoms with Crippen LogP contribution < -0.4 is 5.32 Å². The molecule has 0 aliphatic carbocycles. The number of fused-ring (bicyclic) bond motifs is 1. The lowest BCUT2D eigenvalue weighted by Gasteiger charge is -2.08. The van der Waals surface area contributed by atoms with Crippen LogP contribution in [0.2, 0.25) is 0 Å². The van der Waals surface area contributed by atoms with Crippen LogP contribution >= 0.6 is 22.7 Å². The minimum absolute atomic E-state index is 0.137. The largest absolute Gasteiger partial charge is 0.302 e. The first-order valence-electron chi connectivity index (χ1n) is 9.27. The molecule has 4 rings (SSSR count). The molecular weight excluding hydrogens is 438 g/mol. The molecule has 0 saturated carbocycles. The summed E-state index contributed by atoms with van der Waals surface area (Å²) in [4.78, 5) is 21.7. The fourth-order valence-corrected chi connectivity index (χ4v) is 5.60. The van der Waals surface area contributed by atoms with Gasteiger partial charge in [0.2, 0.25) is 5.91 Å². The maximum absolute atomic E-state index is 12.4. The summed E-state index contributed by atoms with van der Waals surface area (Å²) in [6.45, 7) is 3.29. The molecule has 0 unspecified atom stereocenters. The average Bonchev–Trinajstić information content (AvgIpc) is 3.34. The maximum atomic E-state index is 12.4. The van der Waals surface area contributed by atoms with E-state index in [0.717, 1.165) is 26.5 Å². The molecule has 0 spiro atoms. The van der Waals surface area contributed by atoms with Gasteiger partial charge < -0.3 is 5.32 Å². The lowest BCUT2D eigenvalue weighted by Crippen LogP contribution is -2.15. The Balaban J connectivity index is 1.42. The summed E-state index contributed by atoms with van der Waals surface area (Å²) in [5.74, 6) is -0.209. The van der Waals surface area contributed by atoms with Crippen molar-refractivity contribution in [1.29, 1.82) is 0 Å². The van der Waals surface area contributed by atoms with Crippen LogP contribution in [0.4, 0.5) is 5.13 Å². The predicted molar refractivity (Wildman–Crippen MR) is 122 cm³/mol. The first-order valence-corrected chi connectivity index (χ1v) is 12.5. The number of rotatable bonds is 6.